The molecular formula is C15H16ClNO4. The van der Waals surface area contributed by atoms with E-state index in [0.717, 1.165) is 6.42 Å². The monoisotopic (exact) mass is 309 g/mol. The topological polar surface area (TPSA) is 60.7 Å². The molecule has 0 atom stereocenters. The van der Waals surface area contributed by atoms with Crippen molar-refractivity contribution in [3.8, 4) is 11.7 Å². The van der Waals surface area contributed by atoms with E-state index >= 15 is 0 Å². The smallest absolute Gasteiger partial charge is 0.290 e. The number of hydrogen-bond donors (Lipinski definition) is 1. The zero-order valence-corrected chi connectivity index (χ0v) is 12.4. The lowest BCUT2D eigenvalue weighted by Crippen LogP contribution is -2.24. The number of furan rings is 1. The van der Waals surface area contributed by atoms with Crippen LogP contribution >= 0.6 is 11.6 Å². The van der Waals surface area contributed by atoms with Gasteiger partial charge in [0, 0.05) is 31.4 Å². The number of halogens is 1. The number of carbonyl (C=O) groups excluding carboxylic acids is 1. The molecule has 112 valence electrons. The molecule has 0 saturated carbocycles. The molecule has 0 bridgehead atoms. The van der Waals surface area contributed by atoms with Crippen LogP contribution in [0, 0.1) is 0 Å². The fourth-order valence-electron chi connectivity index (χ4n) is 1.65. The number of nitrogens with one attached hydrogen (secondary N) is 1. The van der Waals surface area contributed by atoms with E-state index in [1.807, 2.05) is 0 Å². The molecule has 0 saturated heterocycles. The third-order valence-electron chi connectivity index (χ3n) is 2.63. The summed E-state index contributed by atoms with van der Waals surface area (Å²) in [5.41, 5.74) is 0. The van der Waals surface area contributed by atoms with Crippen LogP contribution in [-0.4, -0.2) is 26.2 Å². The molecule has 1 aromatic heterocycles. The molecule has 0 fully saturated rings. The lowest BCUT2D eigenvalue weighted by atomic mass is 10.3. The summed E-state index contributed by atoms with van der Waals surface area (Å²) in [6.45, 7) is 1.12. The van der Waals surface area contributed by atoms with Crippen molar-refractivity contribution < 1.29 is 18.7 Å². The number of rotatable bonds is 7. The normalized spacial score (nSPS) is 10.4. The summed E-state index contributed by atoms with van der Waals surface area (Å²) in [6, 6.07) is 10.1. The van der Waals surface area contributed by atoms with Crippen LogP contribution in [0.5, 0.6) is 11.7 Å². The van der Waals surface area contributed by atoms with Gasteiger partial charge >= 0.3 is 0 Å². The molecule has 1 amide bonds. The van der Waals surface area contributed by atoms with Gasteiger partial charge in [-0.1, -0.05) is 17.7 Å². The Bertz CT molecular complexity index is 597. The first kappa shape index (κ1) is 15.4. The van der Waals surface area contributed by atoms with E-state index in [4.69, 9.17) is 25.5 Å². The lowest BCUT2D eigenvalue weighted by molar-refractivity contribution is 0.0916. The van der Waals surface area contributed by atoms with Crippen molar-refractivity contribution in [3.63, 3.8) is 0 Å². The van der Waals surface area contributed by atoms with E-state index in [2.05, 4.69) is 5.32 Å². The summed E-state index contributed by atoms with van der Waals surface area (Å²) in [4.78, 5) is 11.8. The van der Waals surface area contributed by atoms with Crippen LogP contribution < -0.4 is 10.1 Å². The Morgan fingerprint density at radius 1 is 1.33 bits per heavy atom. The fourth-order valence-corrected chi connectivity index (χ4v) is 1.83. The van der Waals surface area contributed by atoms with Crippen LogP contribution in [0.2, 0.25) is 5.02 Å². The van der Waals surface area contributed by atoms with Gasteiger partial charge in [0.05, 0.1) is 0 Å². The second-order valence-electron chi connectivity index (χ2n) is 4.28. The van der Waals surface area contributed by atoms with Crippen LogP contribution in [-0.2, 0) is 4.74 Å². The first-order valence-electron chi connectivity index (χ1n) is 6.49. The standard InChI is InChI=1S/C15H16ClNO4/c1-19-9-3-8-17-15(18)13-6-7-14(21-13)20-12-5-2-4-11(16)10-12/h2,4-7,10H,3,8-9H2,1H3,(H,17,18). The highest BCUT2D eigenvalue weighted by Crippen LogP contribution is 2.25. The number of methoxy groups -OCH3 is 1. The summed E-state index contributed by atoms with van der Waals surface area (Å²) in [5.74, 6) is 0.694. The van der Waals surface area contributed by atoms with Crippen molar-refractivity contribution in [1.29, 1.82) is 0 Å². The van der Waals surface area contributed by atoms with E-state index in [9.17, 15) is 4.79 Å². The fraction of sp³-hybridized carbons (Fsp3) is 0.267. The van der Waals surface area contributed by atoms with Gasteiger partial charge in [-0.25, -0.2) is 0 Å². The summed E-state index contributed by atoms with van der Waals surface area (Å²) in [5, 5.41) is 3.30. The van der Waals surface area contributed by atoms with Crippen LogP contribution in [0.4, 0.5) is 0 Å². The quantitative estimate of drug-likeness (QED) is 0.795. The predicted molar refractivity (Wildman–Crippen MR) is 79.1 cm³/mol. The number of ether oxygens (including phenoxy) is 2. The molecule has 0 aliphatic heterocycles. The Balaban J connectivity index is 1.90. The highest BCUT2D eigenvalue weighted by molar-refractivity contribution is 6.30. The van der Waals surface area contributed by atoms with E-state index in [0.29, 0.717) is 23.9 Å². The van der Waals surface area contributed by atoms with E-state index in [-0.39, 0.29) is 17.6 Å². The number of carbonyl (C=O) groups is 1. The van der Waals surface area contributed by atoms with Crippen LogP contribution in [0.25, 0.3) is 0 Å². The Labute approximate surface area is 127 Å². The molecule has 6 heteroatoms. The Hall–Kier alpha value is -1.98. The van der Waals surface area contributed by atoms with Gasteiger partial charge in [0.2, 0.25) is 0 Å². The number of hydrogen-bond acceptors (Lipinski definition) is 4. The highest BCUT2D eigenvalue weighted by atomic mass is 35.5. The summed E-state index contributed by atoms with van der Waals surface area (Å²) >= 11 is 5.86. The van der Waals surface area contributed by atoms with Gasteiger partial charge in [0.1, 0.15) is 5.75 Å². The van der Waals surface area contributed by atoms with Crippen LogP contribution in [0.3, 0.4) is 0 Å². The van der Waals surface area contributed by atoms with Gasteiger partial charge in [-0.05, 0) is 30.7 Å². The van der Waals surface area contributed by atoms with Gasteiger partial charge in [-0.3, -0.25) is 4.79 Å². The van der Waals surface area contributed by atoms with Crippen molar-refractivity contribution in [3.05, 3.63) is 47.2 Å². The van der Waals surface area contributed by atoms with Gasteiger partial charge in [-0.15, -0.1) is 0 Å². The molecule has 1 aromatic carbocycles. The minimum Gasteiger partial charge on any atom is -0.426 e. The van der Waals surface area contributed by atoms with Crippen LogP contribution in [0.15, 0.2) is 40.8 Å². The molecule has 0 aliphatic carbocycles. The van der Waals surface area contributed by atoms with Gasteiger partial charge in [0.15, 0.2) is 5.76 Å². The molecule has 0 aliphatic rings. The second-order valence-corrected chi connectivity index (χ2v) is 4.72. The minimum absolute atomic E-state index is 0.199. The highest BCUT2D eigenvalue weighted by Gasteiger charge is 2.11. The Kier molecular flexibility index (Phi) is 5.66. The van der Waals surface area contributed by atoms with E-state index in [1.165, 1.54) is 0 Å². The van der Waals surface area contributed by atoms with Crippen LogP contribution in [0.1, 0.15) is 17.0 Å². The summed E-state index contributed by atoms with van der Waals surface area (Å²) in [7, 11) is 1.62. The molecule has 1 heterocycles. The predicted octanol–water partition coefficient (Wildman–Crippen LogP) is 3.49. The maximum Gasteiger partial charge on any atom is 0.290 e. The molecule has 2 rings (SSSR count). The molecule has 21 heavy (non-hydrogen) atoms. The summed E-state index contributed by atoms with van der Waals surface area (Å²) in [6.07, 6.45) is 0.745. The largest absolute Gasteiger partial charge is 0.426 e. The zero-order chi connectivity index (χ0) is 15.1. The van der Waals surface area contributed by atoms with Crippen molar-refractivity contribution in [2.45, 2.75) is 6.42 Å². The maximum atomic E-state index is 11.8. The average molecular weight is 310 g/mol. The molecular weight excluding hydrogens is 294 g/mol. The first-order valence-corrected chi connectivity index (χ1v) is 6.87. The lowest BCUT2D eigenvalue weighted by Gasteiger charge is -2.03. The third-order valence-corrected chi connectivity index (χ3v) is 2.87. The SMILES string of the molecule is COCCCNC(=O)c1ccc(Oc2cccc(Cl)c2)o1. The average Bonchev–Trinajstić information content (AvgIpc) is 2.92. The van der Waals surface area contributed by atoms with Gasteiger partial charge in [0.25, 0.3) is 11.9 Å². The first-order chi connectivity index (χ1) is 10.2. The van der Waals surface area contributed by atoms with Gasteiger partial charge < -0.3 is 19.2 Å². The third kappa shape index (κ3) is 4.81. The minimum atomic E-state index is -0.285. The van der Waals surface area contributed by atoms with Crippen molar-refractivity contribution >= 4 is 17.5 Å². The number of amides is 1. The van der Waals surface area contributed by atoms with Crippen molar-refractivity contribution in [1.82, 2.24) is 5.32 Å². The molecule has 0 spiro atoms. The second kappa shape index (κ2) is 7.71. The van der Waals surface area contributed by atoms with Crippen molar-refractivity contribution in [2.75, 3.05) is 20.3 Å². The maximum absolute atomic E-state index is 11.8. The van der Waals surface area contributed by atoms with E-state index in [1.54, 1.807) is 43.5 Å². The molecule has 1 N–H and O–H groups in total. The molecule has 5 nitrogen and oxygen atoms in total. The van der Waals surface area contributed by atoms with Gasteiger partial charge in [-0.2, -0.15) is 0 Å². The summed E-state index contributed by atoms with van der Waals surface area (Å²) < 4.78 is 15.7. The molecule has 2 aromatic rings. The van der Waals surface area contributed by atoms with E-state index < -0.39 is 0 Å². The zero-order valence-electron chi connectivity index (χ0n) is 11.6. The molecule has 0 radical (unpaired) electrons. The Morgan fingerprint density at radius 3 is 2.95 bits per heavy atom. The molecule has 0 unspecified atom stereocenters. The van der Waals surface area contributed by atoms with Crippen molar-refractivity contribution in [2.24, 2.45) is 0 Å². The number of benzene rings is 1. The Morgan fingerprint density at radius 2 is 2.19 bits per heavy atom.